The molecule has 110 valence electrons. The Hall–Kier alpha value is -2.36. The van der Waals surface area contributed by atoms with Gasteiger partial charge in [0.25, 0.3) is 5.91 Å². The molecule has 2 aromatic rings. The van der Waals surface area contributed by atoms with Gasteiger partial charge in [0.05, 0.1) is 11.9 Å². The van der Waals surface area contributed by atoms with Crippen LogP contribution < -0.4 is 10.6 Å². The number of aryl methyl sites for hydroxylation is 1. The Balaban J connectivity index is 1.74. The minimum absolute atomic E-state index is 0.119. The minimum Gasteiger partial charge on any atom is -0.384 e. The van der Waals surface area contributed by atoms with E-state index in [1.54, 1.807) is 12.3 Å². The van der Waals surface area contributed by atoms with Crippen LogP contribution in [0.25, 0.3) is 0 Å². The van der Waals surface area contributed by atoms with Crippen molar-refractivity contribution in [1.82, 2.24) is 10.3 Å². The second-order valence-electron chi connectivity index (χ2n) is 4.81. The van der Waals surface area contributed by atoms with Crippen molar-refractivity contribution in [2.45, 2.75) is 19.8 Å². The number of hydrogen-bond donors (Lipinski definition) is 2. The molecular formula is C17H21N3O. The maximum absolute atomic E-state index is 11.9. The summed E-state index contributed by atoms with van der Waals surface area (Å²) in [5, 5.41) is 6.05. The molecule has 0 saturated heterocycles. The Bertz CT molecular complexity index is 552. The van der Waals surface area contributed by atoms with Crippen LogP contribution in [0, 0.1) is 0 Å². The van der Waals surface area contributed by atoms with Crippen molar-refractivity contribution in [3.63, 3.8) is 0 Å². The summed E-state index contributed by atoms with van der Waals surface area (Å²) in [6, 6.07) is 13.9. The van der Waals surface area contributed by atoms with Gasteiger partial charge in [0.2, 0.25) is 0 Å². The van der Waals surface area contributed by atoms with E-state index in [9.17, 15) is 4.79 Å². The maximum Gasteiger partial charge on any atom is 0.269 e. The van der Waals surface area contributed by atoms with Crippen LogP contribution in [0.5, 0.6) is 0 Å². The Kier molecular flexibility index (Phi) is 5.76. The number of carbonyl (C=O) groups excluding carboxylic acids is 1. The average molecular weight is 283 g/mol. The normalized spacial score (nSPS) is 10.1. The highest BCUT2D eigenvalue weighted by Gasteiger charge is 2.06. The fourth-order valence-electron chi connectivity index (χ4n) is 2.07. The second-order valence-corrected chi connectivity index (χ2v) is 4.81. The van der Waals surface area contributed by atoms with E-state index in [4.69, 9.17) is 0 Å². The highest BCUT2D eigenvalue weighted by atomic mass is 16.1. The molecule has 1 heterocycles. The molecule has 0 aliphatic heterocycles. The summed E-state index contributed by atoms with van der Waals surface area (Å²) in [4.78, 5) is 16.1. The lowest BCUT2D eigenvalue weighted by Gasteiger charge is -2.06. The molecule has 1 aromatic heterocycles. The first kappa shape index (κ1) is 15.0. The van der Waals surface area contributed by atoms with Crippen molar-refractivity contribution in [2.75, 3.05) is 18.4 Å². The van der Waals surface area contributed by atoms with Gasteiger partial charge in [0.1, 0.15) is 5.69 Å². The van der Waals surface area contributed by atoms with Crippen LogP contribution in [-0.2, 0) is 6.42 Å². The third-order valence-electron chi connectivity index (χ3n) is 3.15. The molecule has 0 radical (unpaired) electrons. The Morgan fingerprint density at radius 2 is 1.95 bits per heavy atom. The summed E-state index contributed by atoms with van der Waals surface area (Å²) >= 11 is 0. The molecule has 21 heavy (non-hydrogen) atoms. The van der Waals surface area contributed by atoms with Crippen molar-refractivity contribution in [1.29, 1.82) is 0 Å². The first-order chi connectivity index (χ1) is 10.3. The molecule has 0 aliphatic carbocycles. The van der Waals surface area contributed by atoms with E-state index in [0.29, 0.717) is 12.2 Å². The summed E-state index contributed by atoms with van der Waals surface area (Å²) in [5.41, 5.74) is 2.68. The van der Waals surface area contributed by atoms with Crippen LogP contribution in [0.15, 0.2) is 48.7 Å². The molecular weight excluding hydrogens is 262 g/mol. The van der Waals surface area contributed by atoms with Gasteiger partial charge >= 0.3 is 0 Å². The third-order valence-corrected chi connectivity index (χ3v) is 3.15. The summed E-state index contributed by atoms with van der Waals surface area (Å²) < 4.78 is 0. The average Bonchev–Trinajstić information content (AvgIpc) is 2.53. The fourth-order valence-corrected chi connectivity index (χ4v) is 2.07. The van der Waals surface area contributed by atoms with Gasteiger partial charge in [-0.15, -0.1) is 0 Å². The van der Waals surface area contributed by atoms with E-state index in [1.807, 2.05) is 31.2 Å². The third kappa shape index (κ3) is 4.91. The molecule has 1 aromatic carbocycles. The predicted molar refractivity (Wildman–Crippen MR) is 85.5 cm³/mol. The quantitative estimate of drug-likeness (QED) is 0.768. The first-order valence-electron chi connectivity index (χ1n) is 7.31. The minimum atomic E-state index is -0.119. The number of benzene rings is 1. The summed E-state index contributed by atoms with van der Waals surface area (Å²) in [6.45, 7) is 3.52. The van der Waals surface area contributed by atoms with E-state index in [-0.39, 0.29) is 5.91 Å². The van der Waals surface area contributed by atoms with Gasteiger partial charge < -0.3 is 10.6 Å². The number of hydrogen-bond acceptors (Lipinski definition) is 3. The number of carbonyl (C=O) groups is 1. The monoisotopic (exact) mass is 283 g/mol. The second kappa shape index (κ2) is 8.04. The maximum atomic E-state index is 11.9. The van der Waals surface area contributed by atoms with Crippen LogP contribution in [-0.4, -0.2) is 24.0 Å². The molecule has 4 heteroatoms. The van der Waals surface area contributed by atoms with Gasteiger partial charge in [0, 0.05) is 13.1 Å². The zero-order valence-corrected chi connectivity index (χ0v) is 12.3. The number of nitrogens with one attached hydrogen (secondary N) is 2. The van der Waals surface area contributed by atoms with Crippen molar-refractivity contribution in [3.05, 3.63) is 59.9 Å². The molecule has 0 atom stereocenters. The van der Waals surface area contributed by atoms with Crippen LogP contribution in [0.2, 0.25) is 0 Å². The molecule has 2 rings (SSSR count). The van der Waals surface area contributed by atoms with Crippen molar-refractivity contribution < 1.29 is 4.79 Å². The van der Waals surface area contributed by atoms with Crippen LogP contribution in [0.3, 0.4) is 0 Å². The summed E-state index contributed by atoms with van der Waals surface area (Å²) in [7, 11) is 0. The largest absolute Gasteiger partial charge is 0.384 e. The molecule has 0 spiro atoms. The molecule has 4 nitrogen and oxygen atoms in total. The molecule has 0 saturated carbocycles. The number of amides is 1. The zero-order chi connectivity index (χ0) is 14.9. The Morgan fingerprint density at radius 3 is 2.62 bits per heavy atom. The number of aromatic nitrogens is 1. The van der Waals surface area contributed by atoms with E-state index >= 15 is 0 Å². The highest BCUT2D eigenvalue weighted by Crippen LogP contribution is 2.06. The lowest BCUT2D eigenvalue weighted by atomic mass is 10.1. The van der Waals surface area contributed by atoms with Crippen LogP contribution in [0.4, 0.5) is 5.69 Å². The SMILES string of the molecule is CCNc1ccc(C(=O)NCCCc2ccccc2)nc1. The topological polar surface area (TPSA) is 54.0 Å². The van der Waals surface area contributed by atoms with Crippen LogP contribution >= 0.6 is 0 Å². The lowest BCUT2D eigenvalue weighted by Crippen LogP contribution is -2.25. The first-order valence-corrected chi connectivity index (χ1v) is 7.31. The number of anilines is 1. The fraction of sp³-hybridized carbons (Fsp3) is 0.294. The zero-order valence-electron chi connectivity index (χ0n) is 12.3. The van der Waals surface area contributed by atoms with Crippen molar-refractivity contribution >= 4 is 11.6 Å². The van der Waals surface area contributed by atoms with E-state index in [2.05, 4.69) is 27.8 Å². The molecule has 0 bridgehead atoms. The summed E-state index contributed by atoms with van der Waals surface area (Å²) in [5.74, 6) is -0.119. The van der Waals surface area contributed by atoms with Gasteiger partial charge in [-0.05, 0) is 37.5 Å². The molecule has 0 unspecified atom stereocenters. The van der Waals surface area contributed by atoms with Crippen molar-refractivity contribution in [3.8, 4) is 0 Å². The number of rotatable bonds is 7. The van der Waals surface area contributed by atoms with E-state index in [1.165, 1.54) is 5.56 Å². The van der Waals surface area contributed by atoms with Gasteiger partial charge in [-0.25, -0.2) is 4.98 Å². The van der Waals surface area contributed by atoms with Gasteiger partial charge in [-0.2, -0.15) is 0 Å². The molecule has 2 N–H and O–H groups in total. The Labute approximate surface area is 125 Å². The molecule has 0 fully saturated rings. The van der Waals surface area contributed by atoms with Crippen LogP contribution in [0.1, 0.15) is 29.4 Å². The predicted octanol–water partition coefficient (Wildman–Crippen LogP) is 2.88. The highest BCUT2D eigenvalue weighted by molar-refractivity contribution is 5.92. The van der Waals surface area contributed by atoms with Gasteiger partial charge in [0.15, 0.2) is 0 Å². The van der Waals surface area contributed by atoms with E-state index < -0.39 is 0 Å². The number of pyridine rings is 1. The van der Waals surface area contributed by atoms with Gasteiger partial charge in [-0.3, -0.25) is 4.79 Å². The van der Waals surface area contributed by atoms with E-state index in [0.717, 1.165) is 25.1 Å². The standard InChI is InChI=1S/C17H21N3O/c1-2-18-15-10-11-16(20-13-15)17(21)19-12-6-9-14-7-4-3-5-8-14/h3-5,7-8,10-11,13,18H,2,6,9,12H2,1H3,(H,19,21). The molecule has 1 amide bonds. The Morgan fingerprint density at radius 1 is 1.14 bits per heavy atom. The lowest BCUT2D eigenvalue weighted by molar-refractivity contribution is 0.0948. The summed E-state index contributed by atoms with van der Waals surface area (Å²) in [6.07, 6.45) is 3.57. The van der Waals surface area contributed by atoms with Gasteiger partial charge in [-0.1, -0.05) is 30.3 Å². The number of nitrogens with zero attached hydrogens (tertiary/aromatic N) is 1. The molecule has 0 aliphatic rings. The van der Waals surface area contributed by atoms with Crippen molar-refractivity contribution in [2.24, 2.45) is 0 Å². The smallest absolute Gasteiger partial charge is 0.269 e.